The molecule has 1 aliphatic heterocycles. The molecule has 0 saturated heterocycles. The summed E-state index contributed by atoms with van der Waals surface area (Å²) in [5.41, 5.74) is 2.73. The van der Waals surface area contributed by atoms with Crippen molar-refractivity contribution in [1.82, 2.24) is 9.80 Å². The van der Waals surface area contributed by atoms with E-state index < -0.39 is 9.84 Å². The molecule has 0 N–H and O–H groups in total. The zero-order valence-electron chi connectivity index (χ0n) is 17.9. The quantitative estimate of drug-likeness (QED) is 0.467. The van der Waals surface area contributed by atoms with E-state index in [4.69, 9.17) is 0 Å². The van der Waals surface area contributed by atoms with Gasteiger partial charge in [-0.05, 0) is 24.3 Å². The fraction of sp³-hybridized carbons (Fsp3) is 0.364. The SMILES string of the molecule is CCC(=Nc1ccc2c(c1)S(=O)(=O)c1cc(N=C(CC)N(C)C)ccc1-2)N(C)C. The minimum atomic E-state index is -3.60. The highest BCUT2D eigenvalue weighted by molar-refractivity contribution is 7.92. The number of hydrogen-bond acceptors (Lipinski definition) is 4. The monoisotopic (exact) mass is 412 g/mol. The van der Waals surface area contributed by atoms with Crippen molar-refractivity contribution < 1.29 is 8.42 Å². The topological polar surface area (TPSA) is 65.3 Å². The van der Waals surface area contributed by atoms with Gasteiger partial charge < -0.3 is 9.80 Å². The summed E-state index contributed by atoms with van der Waals surface area (Å²) in [4.78, 5) is 13.7. The summed E-state index contributed by atoms with van der Waals surface area (Å²) in [6.07, 6.45) is 1.54. The van der Waals surface area contributed by atoms with E-state index in [0.717, 1.165) is 35.6 Å². The number of amidine groups is 2. The van der Waals surface area contributed by atoms with Crippen LogP contribution in [0.3, 0.4) is 0 Å². The maximum Gasteiger partial charge on any atom is 0.207 e. The molecule has 1 aliphatic rings. The van der Waals surface area contributed by atoms with Gasteiger partial charge >= 0.3 is 0 Å². The Hall–Kier alpha value is -2.67. The predicted molar refractivity (Wildman–Crippen MR) is 119 cm³/mol. The predicted octanol–water partition coefficient (Wildman–Crippen LogP) is 4.50. The molecule has 29 heavy (non-hydrogen) atoms. The van der Waals surface area contributed by atoms with Crippen LogP contribution in [0, 0.1) is 0 Å². The number of sulfone groups is 1. The van der Waals surface area contributed by atoms with E-state index in [2.05, 4.69) is 9.98 Å². The minimum absolute atomic E-state index is 0.312. The molecule has 6 nitrogen and oxygen atoms in total. The third kappa shape index (κ3) is 3.92. The van der Waals surface area contributed by atoms with E-state index in [0.29, 0.717) is 21.2 Å². The van der Waals surface area contributed by atoms with Crippen LogP contribution in [0.2, 0.25) is 0 Å². The Morgan fingerprint density at radius 3 is 1.45 bits per heavy atom. The Bertz CT molecular complexity index is 1020. The summed E-state index contributed by atoms with van der Waals surface area (Å²) in [7, 11) is 4.13. The van der Waals surface area contributed by atoms with Crippen molar-refractivity contribution in [3.8, 4) is 11.1 Å². The average molecular weight is 413 g/mol. The third-order valence-corrected chi connectivity index (χ3v) is 6.81. The van der Waals surface area contributed by atoms with E-state index >= 15 is 0 Å². The standard InChI is InChI=1S/C22H28N4O2S/c1-7-21(25(3)4)23-15-9-11-17-18-12-10-16(24-22(8-2)26(5)6)14-20(18)29(27,28)19(17)13-15/h9-14H,7-8H2,1-6H3. The fourth-order valence-electron chi connectivity index (χ4n) is 3.46. The van der Waals surface area contributed by atoms with Crippen molar-refractivity contribution >= 4 is 32.9 Å². The van der Waals surface area contributed by atoms with Crippen LogP contribution < -0.4 is 0 Å². The van der Waals surface area contributed by atoms with Gasteiger partial charge in [-0.3, -0.25) is 0 Å². The molecular formula is C22H28N4O2S. The van der Waals surface area contributed by atoms with Gasteiger partial charge in [0.2, 0.25) is 9.84 Å². The van der Waals surface area contributed by atoms with Gasteiger partial charge in [-0.25, -0.2) is 18.4 Å². The molecule has 3 rings (SSSR count). The number of hydrogen-bond donors (Lipinski definition) is 0. The van der Waals surface area contributed by atoms with Gasteiger partial charge in [0.1, 0.15) is 11.7 Å². The highest BCUT2D eigenvalue weighted by Gasteiger charge is 2.33. The average Bonchev–Trinajstić information content (AvgIpc) is 2.90. The molecule has 2 aromatic rings. The first kappa shape index (κ1) is 21.0. The number of aliphatic imine (C=N–C) groups is 2. The Labute approximate surface area is 173 Å². The van der Waals surface area contributed by atoms with Gasteiger partial charge in [-0.1, -0.05) is 26.0 Å². The van der Waals surface area contributed by atoms with Crippen LogP contribution >= 0.6 is 0 Å². The van der Waals surface area contributed by atoms with Crippen molar-refractivity contribution in [1.29, 1.82) is 0 Å². The molecule has 0 unspecified atom stereocenters. The van der Waals surface area contributed by atoms with Crippen molar-refractivity contribution in [2.45, 2.75) is 36.5 Å². The van der Waals surface area contributed by atoms with E-state index in [1.165, 1.54) is 0 Å². The Kier molecular flexibility index (Phi) is 5.80. The van der Waals surface area contributed by atoms with E-state index in [1.807, 2.05) is 76.1 Å². The molecule has 1 heterocycles. The first-order valence-electron chi connectivity index (χ1n) is 9.72. The van der Waals surface area contributed by atoms with Gasteiger partial charge in [-0.2, -0.15) is 0 Å². The van der Waals surface area contributed by atoms with Gasteiger partial charge in [0.05, 0.1) is 21.2 Å². The van der Waals surface area contributed by atoms with Gasteiger partial charge in [0.15, 0.2) is 0 Å². The van der Waals surface area contributed by atoms with Crippen LogP contribution in [-0.2, 0) is 9.84 Å². The lowest BCUT2D eigenvalue weighted by molar-refractivity contribution is 0.598. The van der Waals surface area contributed by atoms with Crippen molar-refractivity contribution in [2.24, 2.45) is 9.98 Å². The Balaban J connectivity index is 2.09. The second-order valence-electron chi connectivity index (χ2n) is 7.42. The lowest BCUT2D eigenvalue weighted by atomic mass is 10.1. The van der Waals surface area contributed by atoms with Crippen LogP contribution in [0.5, 0.6) is 0 Å². The smallest absolute Gasteiger partial charge is 0.207 e. The molecule has 0 aliphatic carbocycles. The summed E-state index contributed by atoms with van der Waals surface area (Å²) in [5.74, 6) is 1.79. The van der Waals surface area contributed by atoms with Crippen LogP contribution in [-0.4, -0.2) is 58.1 Å². The number of benzene rings is 2. The summed E-state index contributed by atoms with van der Waals surface area (Å²) in [6, 6.07) is 10.8. The molecule has 0 aromatic heterocycles. The second kappa shape index (κ2) is 7.99. The summed E-state index contributed by atoms with van der Waals surface area (Å²) in [6.45, 7) is 4.05. The minimum Gasteiger partial charge on any atom is -0.366 e. The van der Waals surface area contributed by atoms with Crippen LogP contribution in [0.25, 0.3) is 11.1 Å². The number of rotatable bonds is 4. The third-order valence-electron chi connectivity index (χ3n) is 4.98. The summed E-state index contributed by atoms with van der Waals surface area (Å²) in [5, 5.41) is 0. The van der Waals surface area contributed by atoms with Gasteiger partial charge in [0.25, 0.3) is 0 Å². The maximum absolute atomic E-state index is 13.2. The molecule has 7 heteroatoms. The van der Waals surface area contributed by atoms with E-state index in [9.17, 15) is 8.42 Å². The summed E-state index contributed by atoms with van der Waals surface area (Å²) >= 11 is 0. The second-order valence-corrected chi connectivity index (χ2v) is 9.30. The normalized spacial score (nSPS) is 15.1. The Morgan fingerprint density at radius 2 is 1.14 bits per heavy atom. The fourth-order valence-corrected chi connectivity index (χ4v) is 5.18. The molecule has 0 bridgehead atoms. The molecule has 0 spiro atoms. The lowest BCUT2D eigenvalue weighted by Crippen LogP contribution is -2.20. The highest BCUT2D eigenvalue weighted by atomic mass is 32.2. The van der Waals surface area contributed by atoms with Crippen molar-refractivity contribution in [3.05, 3.63) is 36.4 Å². The Morgan fingerprint density at radius 1 is 0.759 bits per heavy atom. The van der Waals surface area contributed by atoms with Gasteiger partial charge in [-0.15, -0.1) is 0 Å². The molecule has 0 saturated carbocycles. The molecule has 0 radical (unpaired) electrons. The molecule has 154 valence electrons. The zero-order chi connectivity index (χ0) is 21.3. The van der Waals surface area contributed by atoms with E-state index in [1.54, 1.807) is 12.1 Å². The van der Waals surface area contributed by atoms with Crippen LogP contribution in [0.1, 0.15) is 26.7 Å². The molecule has 2 aromatic carbocycles. The highest BCUT2D eigenvalue weighted by Crippen LogP contribution is 2.45. The molecule has 0 atom stereocenters. The van der Waals surface area contributed by atoms with E-state index in [-0.39, 0.29) is 0 Å². The first-order valence-corrected chi connectivity index (χ1v) is 11.2. The molecule has 0 amide bonds. The van der Waals surface area contributed by atoms with Crippen molar-refractivity contribution in [3.63, 3.8) is 0 Å². The molecular weight excluding hydrogens is 384 g/mol. The van der Waals surface area contributed by atoms with Crippen LogP contribution in [0.4, 0.5) is 11.4 Å². The first-order chi connectivity index (χ1) is 13.7. The summed E-state index contributed by atoms with van der Waals surface area (Å²) < 4.78 is 26.5. The number of nitrogens with zero attached hydrogens (tertiary/aromatic N) is 4. The van der Waals surface area contributed by atoms with Crippen molar-refractivity contribution in [2.75, 3.05) is 28.2 Å². The number of fused-ring (bicyclic) bond motifs is 3. The largest absolute Gasteiger partial charge is 0.366 e. The lowest BCUT2D eigenvalue weighted by Gasteiger charge is -2.14. The zero-order valence-corrected chi connectivity index (χ0v) is 18.7. The maximum atomic E-state index is 13.2. The van der Waals surface area contributed by atoms with Crippen LogP contribution in [0.15, 0.2) is 56.2 Å². The van der Waals surface area contributed by atoms with Gasteiger partial charge in [0, 0.05) is 52.2 Å². The molecule has 0 fully saturated rings.